The van der Waals surface area contributed by atoms with Gasteiger partial charge in [-0.15, -0.1) is 0 Å². The van der Waals surface area contributed by atoms with Crippen LogP contribution in [0, 0.1) is 12.7 Å². The summed E-state index contributed by atoms with van der Waals surface area (Å²) in [4.78, 5) is 11.9. The van der Waals surface area contributed by atoms with Gasteiger partial charge in [-0.3, -0.25) is 0 Å². The molecule has 0 aliphatic carbocycles. The molecule has 1 aliphatic heterocycles. The molecular weight excluding hydrogens is 296 g/mol. The summed E-state index contributed by atoms with van der Waals surface area (Å²) in [6, 6.07) is 8.44. The van der Waals surface area contributed by atoms with E-state index in [1.54, 1.807) is 6.07 Å². The van der Waals surface area contributed by atoms with Crippen molar-refractivity contribution in [3.8, 4) is 0 Å². The van der Waals surface area contributed by atoms with Crippen LogP contribution in [0.1, 0.15) is 14.4 Å². The fraction of sp³-hybridized carbons (Fsp3) is 0.0714. The Morgan fingerprint density at radius 2 is 2.11 bits per heavy atom. The third kappa shape index (κ3) is 1.94. The van der Waals surface area contributed by atoms with Gasteiger partial charge in [0.05, 0.1) is 0 Å². The maximum atomic E-state index is 13.3. The molecule has 0 spiro atoms. The first-order valence-corrected chi connectivity index (χ1v) is 7.24. The normalized spacial score (nSPS) is 15.9. The summed E-state index contributed by atoms with van der Waals surface area (Å²) in [5, 5.41) is 2.75. The topological polar surface area (TPSA) is 29.1 Å². The van der Waals surface area contributed by atoms with Gasteiger partial charge < -0.3 is 0 Å². The number of amides is 1. The third-order valence-corrected chi connectivity index (χ3v) is 4.80. The maximum absolute atomic E-state index is 13.3. The number of nitrogens with one attached hydrogen (secondary N) is 1. The average molecular weight is 306 g/mol. The monoisotopic (exact) mass is 307 g/mol. The first-order valence-electron chi connectivity index (χ1n) is 5.53. The Morgan fingerprint density at radius 3 is 2.83 bits per heavy atom. The Labute approximate surface area is 110 Å². The molecule has 0 unspecified atom stereocenters. The molecule has 0 bridgehead atoms. The van der Waals surface area contributed by atoms with E-state index in [0.29, 0.717) is 16.8 Å². The second-order valence-electron chi connectivity index (χ2n) is 4.15. The van der Waals surface area contributed by atoms with Crippen LogP contribution in [0.4, 0.5) is 10.1 Å². The van der Waals surface area contributed by atoms with Crippen molar-refractivity contribution >= 4 is 37.7 Å². The summed E-state index contributed by atoms with van der Waals surface area (Å²) >= 11 is 0.281. The quantitative estimate of drug-likeness (QED) is 0.637. The minimum atomic E-state index is -0.323. The summed E-state index contributed by atoms with van der Waals surface area (Å²) in [7, 11) is 0. The van der Waals surface area contributed by atoms with Gasteiger partial charge in [0.15, 0.2) is 0 Å². The molecule has 1 aliphatic rings. The molecule has 90 valence electrons. The van der Waals surface area contributed by atoms with Crippen molar-refractivity contribution in [2.45, 2.75) is 6.92 Å². The number of anilines is 1. The van der Waals surface area contributed by atoms with Gasteiger partial charge >= 0.3 is 110 Å². The fourth-order valence-electron chi connectivity index (χ4n) is 1.98. The van der Waals surface area contributed by atoms with Crippen LogP contribution in [-0.2, 0) is 4.79 Å². The summed E-state index contributed by atoms with van der Waals surface area (Å²) in [5.41, 5.74) is 1.89. The van der Waals surface area contributed by atoms with Gasteiger partial charge in [-0.05, 0) is 0 Å². The SMILES string of the molecule is Cc1ccc(C=C2C(=O)Nc3ccc(F)cc32)[se]1. The van der Waals surface area contributed by atoms with Crippen molar-refractivity contribution in [3.63, 3.8) is 0 Å². The Hall–Kier alpha value is -1.64. The van der Waals surface area contributed by atoms with Gasteiger partial charge in [0, 0.05) is 0 Å². The Balaban J connectivity index is 2.11. The minimum absolute atomic E-state index is 0.156. The third-order valence-electron chi connectivity index (χ3n) is 2.81. The molecule has 0 saturated carbocycles. The molecule has 4 heteroatoms. The van der Waals surface area contributed by atoms with Gasteiger partial charge in [-0.1, -0.05) is 0 Å². The molecule has 0 atom stereocenters. The second-order valence-corrected chi connectivity index (χ2v) is 6.92. The molecule has 18 heavy (non-hydrogen) atoms. The van der Waals surface area contributed by atoms with Gasteiger partial charge in [0.1, 0.15) is 0 Å². The number of benzene rings is 1. The number of rotatable bonds is 1. The van der Waals surface area contributed by atoms with E-state index < -0.39 is 0 Å². The van der Waals surface area contributed by atoms with Gasteiger partial charge in [-0.2, -0.15) is 0 Å². The first-order chi connectivity index (χ1) is 8.63. The van der Waals surface area contributed by atoms with Crippen molar-refractivity contribution in [2.75, 3.05) is 5.32 Å². The summed E-state index contributed by atoms with van der Waals surface area (Å²) in [5.74, 6) is -0.478. The Kier molecular flexibility index (Phi) is 2.69. The van der Waals surface area contributed by atoms with Crippen molar-refractivity contribution in [1.82, 2.24) is 0 Å². The molecule has 0 saturated heterocycles. The molecule has 0 fully saturated rings. The van der Waals surface area contributed by atoms with Gasteiger partial charge in [-0.25, -0.2) is 0 Å². The van der Waals surface area contributed by atoms with Crippen LogP contribution in [0.15, 0.2) is 30.3 Å². The molecule has 1 aromatic carbocycles. The van der Waals surface area contributed by atoms with Crippen LogP contribution in [0.3, 0.4) is 0 Å². The van der Waals surface area contributed by atoms with Crippen LogP contribution in [-0.4, -0.2) is 20.4 Å². The predicted octanol–water partition coefficient (Wildman–Crippen LogP) is 2.68. The molecule has 0 radical (unpaired) electrons. The van der Waals surface area contributed by atoms with Gasteiger partial charge in [0.2, 0.25) is 0 Å². The molecule has 2 heterocycles. The number of hydrogen-bond acceptors (Lipinski definition) is 1. The number of hydrogen-bond donors (Lipinski definition) is 1. The van der Waals surface area contributed by atoms with Crippen molar-refractivity contribution in [2.24, 2.45) is 0 Å². The van der Waals surface area contributed by atoms with E-state index >= 15 is 0 Å². The van der Waals surface area contributed by atoms with E-state index in [1.165, 1.54) is 16.6 Å². The second kappa shape index (κ2) is 4.23. The molecule has 1 amide bonds. The van der Waals surface area contributed by atoms with E-state index in [0.717, 1.165) is 4.44 Å². The molecular formula is C14H10FNOSe. The first kappa shape index (κ1) is 11.4. The Bertz CT molecular complexity index is 672. The van der Waals surface area contributed by atoms with Crippen LogP contribution in [0.5, 0.6) is 0 Å². The summed E-state index contributed by atoms with van der Waals surface area (Å²) in [6.07, 6.45) is 1.87. The molecule has 2 nitrogen and oxygen atoms in total. The number of carbonyl (C=O) groups excluding carboxylic acids is 1. The van der Waals surface area contributed by atoms with Crippen LogP contribution in [0.25, 0.3) is 11.6 Å². The van der Waals surface area contributed by atoms with E-state index in [1.807, 2.05) is 12.1 Å². The standard InChI is InChI=1S/C14H10FNOSe/c1-8-2-4-10(18-8)7-12-11-6-9(15)3-5-13(11)16-14(12)17/h2-7H,1H3,(H,16,17). The summed E-state index contributed by atoms with van der Waals surface area (Å²) < 4.78 is 15.7. The van der Waals surface area contributed by atoms with Crippen molar-refractivity contribution in [3.05, 3.63) is 50.6 Å². The Morgan fingerprint density at radius 1 is 1.28 bits per heavy atom. The zero-order valence-corrected chi connectivity index (χ0v) is 11.4. The van der Waals surface area contributed by atoms with Crippen molar-refractivity contribution in [1.29, 1.82) is 0 Å². The number of aryl methyl sites for hydroxylation is 1. The van der Waals surface area contributed by atoms with Gasteiger partial charge in [0.25, 0.3) is 0 Å². The fourth-order valence-corrected chi connectivity index (χ4v) is 3.70. The number of halogens is 1. The van der Waals surface area contributed by atoms with Crippen molar-refractivity contribution < 1.29 is 9.18 Å². The average Bonchev–Trinajstić information content (AvgIpc) is 2.86. The molecule has 1 N–H and O–H groups in total. The van der Waals surface area contributed by atoms with E-state index in [2.05, 4.69) is 18.3 Å². The van der Waals surface area contributed by atoms with Crippen LogP contribution in [0.2, 0.25) is 0 Å². The number of carbonyl (C=O) groups is 1. The summed E-state index contributed by atoms with van der Waals surface area (Å²) in [6.45, 7) is 2.07. The van der Waals surface area contributed by atoms with E-state index in [-0.39, 0.29) is 26.2 Å². The molecule has 3 rings (SSSR count). The molecule has 1 aromatic heterocycles. The molecule has 2 aromatic rings. The number of fused-ring (bicyclic) bond motifs is 1. The van der Waals surface area contributed by atoms with Crippen LogP contribution >= 0.6 is 0 Å². The van der Waals surface area contributed by atoms with Crippen LogP contribution < -0.4 is 5.32 Å². The zero-order chi connectivity index (χ0) is 12.7. The van der Waals surface area contributed by atoms with E-state index in [9.17, 15) is 9.18 Å². The van der Waals surface area contributed by atoms with E-state index in [4.69, 9.17) is 0 Å². The predicted molar refractivity (Wildman–Crippen MR) is 71.0 cm³/mol. The zero-order valence-electron chi connectivity index (χ0n) is 9.66.